The number of nitrogens with zero attached hydrogens (tertiary/aromatic N) is 1. The predicted octanol–water partition coefficient (Wildman–Crippen LogP) is 1.07. The van der Waals surface area contributed by atoms with E-state index in [1.54, 1.807) is 12.3 Å². The molecule has 1 aliphatic rings. The number of amides is 1. The van der Waals surface area contributed by atoms with Gasteiger partial charge in [-0.05, 0) is 25.0 Å². The highest BCUT2D eigenvalue weighted by Crippen LogP contribution is 2.10. The summed E-state index contributed by atoms with van der Waals surface area (Å²) in [5.74, 6) is 0.341. The predicted molar refractivity (Wildman–Crippen MR) is 71.2 cm³/mol. The molecule has 2 N–H and O–H groups in total. The first-order chi connectivity index (χ1) is 9.79. The Balaban J connectivity index is 1.77. The van der Waals surface area contributed by atoms with Crippen molar-refractivity contribution >= 4 is 5.91 Å². The molecule has 1 saturated heterocycles. The zero-order valence-electron chi connectivity index (χ0n) is 11.1. The molecule has 1 aliphatic heterocycles. The number of hydrogen-bond acceptors (Lipinski definition) is 5. The first-order valence-electron chi connectivity index (χ1n) is 6.55. The second kappa shape index (κ2) is 7.36. The van der Waals surface area contributed by atoms with Gasteiger partial charge < -0.3 is 19.8 Å². The van der Waals surface area contributed by atoms with E-state index in [-0.39, 0.29) is 11.7 Å². The van der Waals surface area contributed by atoms with Crippen molar-refractivity contribution < 1.29 is 13.9 Å². The maximum atomic E-state index is 11.8. The summed E-state index contributed by atoms with van der Waals surface area (Å²) in [7, 11) is 0. The summed E-state index contributed by atoms with van der Waals surface area (Å²) in [4.78, 5) is 11.8. The van der Waals surface area contributed by atoms with E-state index in [0.717, 1.165) is 25.2 Å². The van der Waals surface area contributed by atoms with E-state index in [0.29, 0.717) is 13.1 Å². The molecule has 1 aromatic rings. The van der Waals surface area contributed by atoms with Gasteiger partial charge >= 0.3 is 0 Å². The lowest BCUT2D eigenvalue weighted by Crippen LogP contribution is -2.32. The molecule has 106 valence electrons. The Morgan fingerprint density at radius 3 is 3.15 bits per heavy atom. The Morgan fingerprint density at radius 2 is 2.50 bits per heavy atom. The number of ether oxygens (including phenoxy) is 1. The first kappa shape index (κ1) is 14.2. The van der Waals surface area contributed by atoms with E-state index < -0.39 is 5.91 Å². The van der Waals surface area contributed by atoms with Crippen LogP contribution in [0.25, 0.3) is 0 Å². The van der Waals surface area contributed by atoms with Crippen LogP contribution in [0.1, 0.15) is 18.6 Å². The third-order valence-electron chi connectivity index (χ3n) is 2.98. The fourth-order valence-corrected chi connectivity index (χ4v) is 1.92. The highest BCUT2D eigenvalue weighted by molar-refractivity contribution is 5.97. The summed E-state index contributed by atoms with van der Waals surface area (Å²) in [5.41, 5.74) is 0.0366. The quantitative estimate of drug-likeness (QED) is 0.599. The maximum Gasteiger partial charge on any atom is 0.263 e. The zero-order valence-corrected chi connectivity index (χ0v) is 11.1. The molecular formula is C14H17N3O3. The molecule has 1 atom stereocenters. The Bertz CT molecular complexity index is 496. The summed E-state index contributed by atoms with van der Waals surface area (Å²) in [6.45, 7) is 1.61. The minimum atomic E-state index is -0.394. The minimum absolute atomic E-state index is 0.0366. The van der Waals surface area contributed by atoms with Gasteiger partial charge in [-0.3, -0.25) is 4.79 Å². The van der Waals surface area contributed by atoms with Crippen LogP contribution in [0.15, 0.2) is 34.6 Å². The van der Waals surface area contributed by atoms with Gasteiger partial charge in [-0.1, -0.05) is 0 Å². The SMILES string of the molecule is N#C/C(=C/NCc1ccco1)C(=O)NCC1CCCO1. The molecule has 0 spiro atoms. The second-order valence-corrected chi connectivity index (χ2v) is 4.48. The number of furan rings is 1. The van der Waals surface area contributed by atoms with Crippen molar-refractivity contribution in [3.05, 3.63) is 35.9 Å². The average molecular weight is 275 g/mol. The van der Waals surface area contributed by atoms with Crippen molar-refractivity contribution in [2.45, 2.75) is 25.5 Å². The molecule has 0 saturated carbocycles. The molecule has 2 heterocycles. The van der Waals surface area contributed by atoms with Gasteiger partial charge in [-0.25, -0.2) is 0 Å². The van der Waals surface area contributed by atoms with Gasteiger partial charge in [0.1, 0.15) is 17.4 Å². The third-order valence-corrected chi connectivity index (χ3v) is 2.98. The van der Waals surface area contributed by atoms with Gasteiger partial charge in [0.25, 0.3) is 5.91 Å². The van der Waals surface area contributed by atoms with E-state index in [2.05, 4.69) is 10.6 Å². The number of rotatable bonds is 6. The van der Waals surface area contributed by atoms with Crippen molar-refractivity contribution in [3.63, 3.8) is 0 Å². The van der Waals surface area contributed by atoms with Crippen LogP contribution in [0.3, 0.4) is 0 Å². The smallest absolute Gasteiger partial charge is 0.263 e. The second-order valence-electron chi connectivity index (χ2n) is 4.48. The monoisotopic (exact) mass is 275 g/mol. The molecule has 1 amide bonds. The zero-order chi connectivity index (χ0) is 14.2. The number of carbonyl (C=O) groups excluding carboxylic acids is 1. The number of hydrogen-bond donors (Lipinski definition) is 2. The lowest BCUT2D eigenvalue weighted by molar-refractivity contribution is -0.117. The fraction of sp³-hybridized carbons (Fsp3) is 0.429. The maximum absolute atomic E-state index is 11.8. The largest absolute Gasteiger partial charge is 0.467 e. The average Bonchev–Trinajstić information content (AvgIpc) is 3.14. The van der Waals surface area contributed by atoms with Gasteiger partial charge in [0.15, 0.2) is 0 Å². The molecule has 20 heavy (non-hydrogen) atoms. The number of nitriles is 1. The van der Waals surface area contributed by atoms with Crippen LogP contribution in [0, 0.1) is 11.3 Å². The number of nitrogens with one attached hydrogen (secondary N) is 2. The summed E-state index contributed by atoms with van der Waals surface area (Å²) < 4.78 is 10.5. The Hall–Kier alpha value is -2.26. The molecule has 6 nitrogen and oxygen atoms in total. The van der Waals surface area contributed by atoms with Gasteiger partial charge in [-0.15, -0.1) is 0 Å². The van der Waals surface area contributed by atoms with Crippen molar-refractivity contribution in [1.82, 2.24) is 10.6 Å². The lowest BCUT2D eigenvalue weighted by Gasteiger charge is -2.10. The molecule has 0 aliphatic carbocycles. The van der Waals surface area contributed by atoms with E-state index in [1.165, 1.54) is 6.20 Å². The Kier molecular flexibility index (Phi) is 5.21. The topological polar surface area (TPSA) is 87.3 Å². The van der Waals surface area contributed by atoms with Gasteiger partial charge in [-0.2, -0.15) is 5.26 Å². The molecule has 2 rings (SSSR count). The van der Waals surface area contributed by atoms with E-state index in [4.69, 9.17) is 14.4 Å². The standard InChI is InChI=1S/C14H17N3O3/c15-7-11(8-16-9-12-3-1-5-19-12)14(18)17-10-13-4-2-6-20-13/h1,3,5,8,13,16H,2,4,6,9-10H2,(H,17,18)/b11-8-. The molecule has 0 bridgehead atoms. The van der Waals surface area contributed by atoms with E-state index in [9.17, 15) is 4.79 Å². The molecule has 0 aromatic carbocycles. The normalized spacial score (nSPS) is 18.6. The molecule has 1 fully saturated rings. The van der Waals surface area contributed by atoms with Crippen LogP contribution in [0.2, 0.25) is 0 Å². The summed E-state index contributed by atoms with van der Waals surface area (Å²) >= 11 is 0. The van der Waals surface area contributed by atoms with Crippen LogP contribution in [-0.4, -0.2) is 25.2 Å². The Labute approximate surface area is 117 Å². The van der Waals surface area contributed by atoms with Crippen LogP contribution in [0.5, 0.6) is 0 Å². The van der Waals surface area contributed by atoms with Gasteiger partial charge in [0.2, 0.25) is 0 Å². The first-order valence-corrected chi connectivity index (χ1v) is 6.55. The fourth-order valence-electron chi connectivity index (χ4n) is 1.92. The van der Waals surface area contributed by atoms with Crippen molar-refractivity contribution in [2.24, 2.45) is 0 Å². The van der Waals surface area contributed by atoms with E-state index >= 15 is 0 Å². The lowest BCUT2D eigenvalue weighted by atomic mass is 10.2. The highest BCUT2D eigenvalue weighted by atomic mass is 16.5. The van der Waals surface area contributed by atoms with Gasteiger partial charge in [0.05, 0.1) is 18.9 Å². The third kappa shape index (κ3) is 4.14. The molecular weight excluding hydrogens is 258 g/mol. The van der Waals surface area contributed by atoms with Crippen molar-refractivity contribution in [2.75, 3.05) is 13.2 Å². The highest BCUT2D eigenvalue weighted by Gasteiger charge is 2.17. The van der Waals surface area contributed by atoms with E-state index in [1.807, 2.05) is 12.1 Å². The van der Waals surface area contributed by atoms with Crippen molar-refractivity contribution in [1.29, 1.82) is 5.26 Å². The molecule has 1 aromatic heterocycles. The Morgan fingerprint density at radius 1 is 1.60 bits per heavy atom. The minimum Gasteiger partial charge on any atom is -0.467 e. The summed E-state index contributed by atoms with van der Waals surface area (Å²) in [6, 6.07) is 5.46. The summed E-state index contributed by atoms with van der Waals surface area (Å²) in [5, 5.41) is 14.6. The van der Waals surface area contributed by atoms with Crippen LogP contribution in [-0.2, 0) is 16.1 Å². The van der Waals surface area contributed by atoms with Crippen LogP contribution in [0.4, 0.5) is 0 Å². The molecule has 0 radical (unpaired) electrons. The van der Waals surface area contributed by atoms with Crippen molar-refractivity contribution in [3.8, 4) is 6.07 Å². The van der Waals surface area contributed by atoms with Crippen LogP contribution < -0.4 is 10.6 Å². The van der Waals surface area contributed by atoms with Gasteiger partial charge in [0, 0.05) is 19.4 Å². The molecule has 6 heteroatoms. The van der Waals surface area contributed by atoms with Crippen LogP contribution >= 0.6 is 0 Å². The molecule has 1 unspecified atom stereocenters. The number of carbonyl (C=O) groups is 1. The summed E-state index contributed by atoms with van der Waals surface area (Å²) in [6.07, 6.45) is 5.00.